The highest BCUT2D eigenvalue weighted by atomic mass is 32.1. The first-order valence-electron chi connectivity index (χ1n) is 3.25. The first kappa shape index (κ1) is 8.95. The Morgan fingerprint density at radius 2 is 2.58 bits per heavy atom. The molecule has 0 spiro atoms. The Kier molecular flexibility index (Phi) is 2.61. The fourth-order valence-electron chi connectivity index (χ4n) is 0.838. The molecule has 6 heteroatoms. The van der Waals surface area contributed by atoms with Crippen LogP contribution in [0.4, 0.5) is 0 Å². The van der Waals surface area contributed by atoms with Gasteiger partial charge in [0.2, 0.25) is 0 Å². The maximum atomic E-state index is 11.1. The minimum atomic E-state index is -0.269. The van der Waals surface area contributed by atoms with Crippen molar-refractivity contribution in [1.82, 2.24) is 9.78 Å². The van der Waals surface area contributed by atoms with Gasteiger partial charge >= 0.3 is 0 Å². The molecule has 0 aliphatic carbocycles. The molecule has 3 N–H and O–H groups in total. The standard InChI is InChI=1S/C6H9N3O2S/c1-11-3-4-2-5(10)9(8-4)6(7)12/h2,8H,3H2,1H3,(H2,7,12). The summed E-state index contributed by atoms with van der Waals surface area (Å²) in [6, 6.07) is 1.39. The summed E-state index contributed by atoms with van der Waals surface area (Å²) in [7, 11) is 1.54. The molecular weight excluding hydrogens is 178 g/mol. The second kappa shape index (κ2) is 3.51. The van der Waals surface area contributed by atoms with Gasteiger partial charge in [-0.05, 0) is 12.2 Å². The van der Waals surface area contributed by atoms with Crippen molar-refractivity contribution in [1.29, 1.82) is 0 Å². The van der Waals surface area contributed by atoms with Crippen LogP contribution in [0.1, 0.15) is 5.69 Å². The summed E-state index contributed by atoms with van der Waals surface area (Å²) in [4.78, 5) is 11.1. The normalized spacial score (nSPS) is 10.1. The summed E-state index contributed by atoms with van der Waals surface area (Å²) < 4.78 is 5.90. The van der Waals surface area contributed by atoms with Gasteiger partial charge < -0.3 is 10.5 Å². The third kappa shape index (κ3) is 1.72. The minimum absolute atomic E-state index is 0.00218. The Morgan fingerprint density at radius 1 is 1.92 bits per heavy atom. The summed E-state index contributed by atoms with van der Waals surface area (Å²) in [5.74, 6) is 0. The predicted molar refractivity (Wildman–Crippen MR) is 47.9 cm³/mol. The highest BCUT2D eigenvalue weighted by Gasteiger charge is 2.03. The molecule has 12 heavy (non-hydrogen) atoms. The Hall–Kier alpha value is -1.14. The zero-order valence-electron chi connectivity index (χ0n) is 6.53. The van der Waals surface area contributed by atoms with Crippen molar-refractivity contribution in [2.45, 2.75) is 6.61 Å². The Labute approximate surface area is 74.1 Å². The van der Waals surface area contributed by atoms with Crippen LogP contribution in [0.15, 0.2) is 10.9 Å². The van der Waals surface area contributed by atoms with E-state index in [1.165, 1.54) is 13.2 Å². The smallest absolute Gasteiger partial charge is 0.273 e. The van der Waals surface area contributed by atoms with E-state index in [1.54, 1.807) is 0 Å². The molecule has 1 aromatic heterocycles. The van der Waals surface area contributed by atoms with E-state index in [-0.39, 0.29) is 10.7 Å². The van der Waals surface area contributed by atoms with Crippen molar-refractivity contribution in [3.8, 4) is 0 Å². The average Bonchev–Trinajstić information content (AvgIpc) is 2.32. The van der Waals surface area contributed by atoms with Gasteiger partial charge in [0.15, 0.2) is 5.11 Å². The lowest BCUT2D eigenvalue weighted by Crippen LogP contribution is -2.29. The van der Waals surface area contributed by atoms with Crippen LogP contribution < -0.4 is 11.3 Å². The number of nitrogens with one attached hydrogen (secondary N) is 1. The monoisotopic (exact) mass is 187 g/mol. The SMILES string of the molecule is COCc1cc(=O)n(C(N)=S)[nH]1. The number of H-pyrrole nitrogens is 1. The topological polar surface area (TPSA) is 73.0 Å². The number of rotatable bonds is 2. The van der Waals surface area contributed by atoms with Gasteiger partial charge in [0, 0.05) is 13.2 Å². The van der Waals surface area contributed by atoms with Crippen molar-refractivity contribution >= 4 is 17.3 Å². The summed E-state index contributed by atoms with van der Waals surface area (Å²) >= 11 is 4.62. The number of hydrogen-bond acceptors (Lipinski definition) is 3. The van der Waals surface area contributed by atoms with Crippen LogP contribution in [0.5, 0.6) is 0 Å². The van der Waals surface area contributed by atoms with Gasteiger partial charge in [-0.15, -0.1) is 0 Å². The van der Waals surface area contributed by atoms with Crippen LogP contribution in [-0.4, -0.2) is 22.0 Å². The van der Waals surface area contributed by atoms with Crippen LogP contribution in [0.25, 0.3) is 0 Å². The predicted octanol–water partition coefficient (Wildman–Crippen LogP) is -0.586. The van der Waals surface area contributed by atoms with E-state index in [1.807, 2.05) is 0 Å². The summed E-state index contributed by atoms with van der Waals surface area (Å²) in [5.41, 5.74) is 5.63. The highest BCUT2D eigenvalue weighted by molar-refractivity contribution is 7.80. The molecule has 0 saturated carbocycles. The molecule has 0 amide bonds. The van der Waals surface area contributed by atoms with E-state index in [2.05, 4.69) is 17.3 Å². The second-order valence-corrected chi connectivity index (χ2v) is 2.64. The number of nitrogens with two attached hydrogens (primary N) is 1. The quantitative estimate of drug-likeness (QED) is 0.607. The van der Waals surface area contributed by atoms with Gasteiger partial charge in [0.1, 0.15) is 0 Å². The average molecular weight is 187 g/mol. The van der Waals surface area contributed by atoms with Crippen molar-refractivity contribution < 1.29 is 4.74 Å². The van der Waals surface area contributed by atoms with Crippen LogP contribution >= 0.6 is 12.2 Å². The van der Waals surface area contributed by atoms with Crippen LogP contribution in [0, 0.1) is 0 Å². The number of aromatic nitrogens is 2. The fourth-order valence-corrected chi connectivity index (χ4v) is 0.973. The molecule has 0 bridgehead atoms. The molecule has 0 aliphatic heterocycles. The minimum Gasteiger partial charge on any atom is -0.378 e. The Bertz CT molecular complexity index is 341. The summed E-state index contributed by atoms with van der Waals surface area (Å²) in [5, 5.41) is 2.70. The molecule has 0 unspecified atom stereocenters. The molecule has 1 rings (SSSR count). The van der Waals surface area contributed by atoms with Gasteiger partial charge in [0.05, 0.1) is 12.3 Å². The van der Waals surface area contributed by atoms with E-state index >= 15 is 0 Å². The maximum absolute atomic E-state index is 11.1. The van der Waals surface area contributed by atoms with Gasteiger partial charge in [-0.3, -0.25) is 9.89 Å². The van der Waals surface area contributed by atoms with Gasteiger partial charge in [-0.1, -0.05) is 0 Å². The van der Waals surface area contributed by atoms with E-state index in [9.17, 15) is 4.79 Å². The van der Waals surface area contributed by atoms with Crippen LogP contribution in [0.2, 0.25) is 0 Å². The Morgan fingerprint density at radius 3 is 3.00 bits per heavy atom. The van der Waals surface area contributed by atoms with Crippen molar-refractivity contribution in [2.75, 3.05) is 7.11 Å². The molecule has 0 aromatic carbocycles. The van der Waals surface area contributed by atoms with Crippen molar-refractivity contribution in [3.05, 3.63) is 22.1 Å². The number of methoxy groups -OCH3 is 1. The van der Waals surface area contributed by atoms with Crippen molar-refractivity contribution in [3.63, 3.8) is 0 Å². The number of hydrogen-bond donors (Lipinski definition) is 2. The number of ether oxygens (including phenoxy) is 1. The van der Waals surface area contributed by atoms with Gasteiger partial charge in [0.25, 0.3) is 5.56 Å². The molecular formula is C6H9N3O2S. The molecule has 0 saturated heterocycles. The third-order valence-electron chi connectivity index (χ3n) is 1.29. The largest absolute Gasteiger partial charge is 0.378 e. The number of nitrogens with zero attached hydrogens (tertiary/aromatic N) is 1. The molecule has 66 valence electrons. The Balaban J connectivity index is 3.01. The lowest BCUT2D eigenvalue weighted by Gasteiger charge is -1.96. The molecule has 0 radical (unpaired) electrons. The first-order chi connectivity index (χ1) is 5.65. The summed E-state index contributed by atoms with van der Waals surface area (Å²) in [6.07, 6.45) is 0. The van der Waals surface area contributed by atoms with E-state index < -0.39 is 0 Å². The number of aromatic amines is 1. The molecule has 0 atom stereocenters. The molecule has 0 aliphatic rings. The zero-order chi connectivity index (χ0) is 9.14. The van der Waals surface area contributed by atoms with Crippen molar-refractivity contribution in [2.24, 2.45) is 5.73 Å². The highest BCUT2D eigenvalue weighted by Crippen LogP contribution is 1.91. The van der Waals surface area contributed by atoms with E-state index in [0.29, 0.717) is 12.3 Å². The number of thiocarbonyl (C=S) groups is 1. The molecule has 1 aromatic rings. The zero-order valence-corrected chi connectivity index (χ0v) is 7.35. The molecule has 0 fully saturated rings. The lowest BCUT2D eigenvalue weighted by molar-refractivity contribution is 0.181. The van der Waals surface area contributed by atoms with Gasteiger partial charge in [-0.2, -0.15) is 4.68 Å². The van der Waals surface area contributed by atoms with Crippen LogP contribution in [0.3, 0.4) is 0 Å². The van der Waals surface area contributed by atoms with E-state index in [4.69, 9.17) is 10.5 Å². The maximum Gasteiger partial charge on any atom is 0.273 e. The molecule has 5 nitrogen and oxygen atoms in total. The second-order valence-electron chi connectivity index (χ2n) is 2.23. The summed E-state index contributed by atoms with van der Waals surface area (Å²) in [6.45, 7) is 0.338. The molecule has 1 heterocycles. The first-order valence-corrected chi connectivity index (χ1v) is 3.65. The third-order valence-corrected chi connectivity index (χ3v) is 1.48. The fraction of sp³-hybridized carbons (Fsp3) is 0.333. The van der Waals surface area contributed by atoms with Crippen LogP contribution in [-0.2, 0) is 11.3 Å². The lowest BCUT2D eigenvalue weighted by atomic mass is 10.5. The van der Waals surface area contributed by atoms with E-state index in [0.717, 1.165) is 4.68 Å². The van der Waals surface area contributed by atoms with Gasteiger partial charge in [-0.25, -0.2) is 0 Å².